The molecule has 1 N–H and O–H groups in total. The van der Waals surface area contributed by atoms with E-state index in [4.69, 9.17) is 4.42 Å². The SMILES string of the molecule is O=Cc1ccc(N2CCC(O)C2)o1. The number of hydrogen-bond acceptors (Lipinski definition) is 4. The third kappa shape index (κ3) is 1.58. The Morgan fingerprint density at radius 3 is 3.00 bits per heavy atom. The van der Waals surface area contributed by atoms with E-state index in [2.05, 4.69) is 0 Å². The maximum Gasteiger partial charge on any atom is 0.196 e. The van der Waals surface area contributed by atoms with Crippen molar-refractivity contribution < 1.29 is 14.3 Å². The third-order valence-electron chi connectivity index (χ3n) is 2.20. The van der Waals surface area contributed by atoms with E-state index >= 15 is 0 Å². The number of carbonyl (C=O) groups is 1. The van der Waals surface area contributed by atoms with Crippen molar-refractivity contribution in [1.82, 2.24) is 0 Å². The van der Waals surface area contributed by atoms with E-state index in [1.165, 1.54) is 0 Å². The monoisotopic (exact) mass is 181 g/mol. The molecule has 0 bridgehead atoms. The highest BCUT2D eigenvalue weighted by molar-refractivity contribution is 5.71. The summed E-state index contributed by atoms with van der Waals surface area (Å²) in [6.45, 7) is 1.37. The van der Waals surface area contributed by atoms with Crippen LogP contribution < -0.4 is 4.90 Å². The number of carbonyl (C=O) groups excluding carboxylic acids is 1. The van der Waals surface area contributed by atoms with Crippen LogP contribution in [0.1, 0.15) is 17.0 Å². The lowest BCUT2D eigenvalue weighted by molar-refractivity contribution is 0.110. The highest BCUT2D eigenvalue weighted by Gasteiger charge is 2.22. The van der Waals surface area contributed by atoms with Gasteiger partial charge in [-0.3, -0.25) is 4.79 Å². The zero-order valence-electron chi connectivity index (χ0n) is 7.14. The third-order valence-corrected chi connectivity index (χ3v) is 2.20. The molecule has 1 aliphatic heterocycles. The molecule has 0 aliphatic carbocycles. The summed E-state index contributed by atoms with van der Waals surface area (Å²) >= 11 is 0. The average molecular weight is 181 g/mol. The normalized spacial score (nSPS) is 22.2. The Labute approximate surface area is 75.8 Å². The van der Waals surface area contributed by atoms with Crippen molar-refractivity contribution in [2.45, 2.75) is 12.5 Å². The van der Waals surface area contributed by atoms with Crippen LogP contribution in [-0.4, -0.2) is 30.6 Å². The van der Waals surface area contributed by atoms with Gasteiger partial charge in [-0.1, -0.05) is 0 Å². The quantitative estimate of drug-likeness (QED) is 0.681. The molecule has 0 saturated carbocycles. The Hall–Kier alpha value is -1.29. The van der Waals surface area contributed by atoms with Crippen molar-refractivity contribution in [1.29, 1.82) is 0 Å². The lowest BCUT2D eigenvalue weighted by Gasteiger charge is -2.12. The minimum Gasteiger partial charge on any atom is -0.438 e. The lowest BCUT2D eigenvalue weighted by Crippen LogP contribution is -2.20. The van der Waals surface area contributed by atoms with Gasteiger partial charge in [0.1, 0.15) is 0 Å². The molecule has 4 nitrogen and oxygen atoms in total. The molecule has 1 atom stereocenters. The summed E-state index contributed by atoms with van der Waals surface area (Å²) in [5, 5.41) is 9.27. The first-order valence-electron chi connectivity index (χ1n) is 4.27. The van der Waals surface area contributed by atoms with Gasteiger partial charge in [0.05, 0.1) is 6.10 Å². The molecule has 1 saturated heterocycles. The van der Waals surface area contributed by atoms with Crippen LogP contribution in [0.15, 0.2) is 16.5 Å². The van der Waals surface area contributed by atoms with Crippen LogP contribution in [0.25, 0.3) is 0 Å². The fourth-order valence-corrected chi connectivity index (χ4v) is 1.52. The molecule has 4 heteroatoms. The Bertz CT molecular complexity index is 308. The van der Waals surface area contributed by atoms with Crippen LogP contribution in [0.2, 0.25) is 0 Å². The molecule has 0 radical (unpaired) electrons. The van der Waals surface area contributed by atoms with Crippen molar-refractivity contribution in [3.63, 3.8) is 0 Å². The molecule has 1 unspecified atom stereocenters. The molecular formula is C9H11NO3. The van der Waals surface area contributed by atoms with Crippen molar-refractivity contribution in [3.8, 4) is 0 Å². The first-order chi connectivity index (χ1) is 6.29. The van der Waals surface area contributed by atoms with Gasteiger partial charge in [-0.2, -0.15) is 0 Å². The first kappa shape index (κ1) is 8.31. The Morgan fingerprint density at radius 2 is 2.46 bits per heavy atom. The highest BCUT2D eigenvalue weighted by Crippen LogP contribution is 2.22. The van der Waals surface area contributed by atoms with Crippen LogP contribution in [0.4, 0.5) is 5.88 Å². The van der Waals surface area contributed by atoms with Crippen molar-refractivity contribution in [2.24, 2.45) is 0 Å². The smallest absolute Gasteiger partial charge is 0.196 e. The minimum atomic E-state index is -0.273. The van der Waals surface area contributed by atoms with Crippen LogP contribution >= 0.6 is 0 Å². The fourth-order valence-electron chi connectivity index (χ4n) is 1.52. The van der Waals surface area contributed by atoms with Crippen molar-refractivity contribution in [2.75, 3.05) is 18.0 Å². The summed E-state index contributed by atoms with van der Waals surface area (Å²) in [4.78, 5) is 12.3. The second-order valence-corrected chi connectivity index (χ2v) is 3.18. The van der Waals surface area contributed by atoms with Gasteiger partial charge in [0.2, 0.25) is 0 Å². The Morgan fingerprint density at radius 1 is 1.62 bits per heavy atom. The van der Waals surface area contributed by atoms with E-state index < -0.39 is 0 Å². The predicted octanol–water partition coefficient (Wildman–Crippen LogP) is 0.663. The number of β-amino-alcohol motifs (C(OH)–C–C–N with tert-alkyl or cyclic N) is 1. The topological polar surface area (TPSA) is 53.7 Å². The maximum absolute atomic E-state index is 10.3. The lowest BCUT2D eigenvalue weighted by atomic mass is 10.3. The molecule has 1 aromatic rings. The molecule has 70 valence electrons. The van der Waals surface area contributed by atoms with E-state index in [1.807, 2.05) is 4.90 Å². The summed E-state index contributed by atoms with van der Waals surface area (Å²) in [7, 11) is 0. The number of nitrogens with zero attached hydrogens (tertiary/aromatic N) is 1. The largest absolute Gasteiger partial charge is 0.438 e. The average Bonchev–Trinajstić information content (AvgIpc) is 2.71. The molecule has 1 aliphatic rings. The zero-order chi connectivity index (χ0) is 9.26. The van der Waals surface area contributed by atoms with Crippen LogP contribution in [-0.2, 0) is 0 Å². The van der Waals surface area contributed by atoms with Gasteiger partial charge in [-0.05, 0) is 12.5 Å². The molecule has 0 spiro atoms. The second-order valence-electron chi connectivity index (χ2n) is 3.18. The molecule has 1 aromatic heterocycles. The summed E-state index contributed by atoms with van der Waals surface area (Å²) in [5.74, 6) is 0.995. The van der Waals surface area contributed by atoms with Gasteiger partial charge in [-0.25, -0.2) is 0 Å². The van der Waals surface area contributed by atoms with E-state index in [0.717, 1.165) is 13.0 Å². The molecule has 0 aromatic carbocycles. The van der Waals surface area contributed by atoms with E-state index in [9.17, 15) is 9.90 Å². The minimum absolute atomic E-state index is 0.273. The zero-order valence-corrected chi connectivity index (χ0v) is 7.14. The summed E-state index contributed by atoms with van der Waals surface area (Å²) < 4.78 is 5.21. The van der Waals surface area contributed by atoms with Gasteiger partial charge in [0, 0.05) is 19.2 Å². The number of aldehydes is 1. The molecule has 13 heavy (non-hydrogen) atoms. The number of aliphatic hydroxyl groups excluding tert-OH is 1. The van der Waals surface area contributed by atoms with Crippen LogP contribution in [0, 0.1) is 0 Å². The summed E-state index contributed by atoms with van der Waals surface area (Å²) in [6.07, 6.45) is 1.16. The van der Waals surface area contributed by atoms with Gasteiger partial charge >= 0.3 is 0 Å². The summed E-state index contributed by atoms with van der Waals surface area (Å²) in [6, 6.07) is 3.38. The standard InChI is InChI=1S/C9H11NO3/c11-6-8-1-2-9(13-8)10-4-3-7(12)5-10/h1-2,6-7,12H,3-5H2. The predicted molar refractivity (Wildman–Crippen MR) is 46.9 cm³/mol. The molecular weight excluding hydrogens is 170 g/mol. The van der Waals surface area contributed by atoms with Gasteiger partial charge in [0.15, 0.2) is 17.9 Å². The number of aliphatic hydroxyl groups is 1. The van der Waals surface area contributed by atoms with E-state index in [1.54, 1.807) is 12.1 Å². The van der Waals surface area contributed by atoms with Crippen molar-refractivity contribution in [3.05, 3.63) is 17.9 Å². The first-order valence-corrected chi connectivity index (χ1v) is 4.27. The van der Waals surface area contributed by atoms with E-state index in [0.29, 0.717) is 24.5 Å². The summed E-state index contributed by atoms with van der Waals surface area (Å²) in [5.41, 5.74) is 0. The number of hydrogen-bond donors (Lipinski definition) is 1. The van der Waals surface area contributed by atoms with Crippen molar-refractivity contribution >= 4 is 12.2 Å². The molecule has 2 heterocycles. The second kappa shape index (κ2) is 3.22. The van der Waals surface area contributed by atoms with Gasteiger partial charge < -0.3 is 14.4 Å². The number of rotatable bonds is 2. The van der Waals surface area contributed by atoms with Crippen LogP contribution in [0.5, 0.6) is 0 Å². The van der Waals surface area contributed by atoms with Gasteiger partial charge in [0.25, 0.3) is 0 Å². The molecule has 1 fully saturated rings. The fraction of sp³-hybridized carbons (Fsp3) is 0.444. The number of anilines is 1. The van der Waals surface area contributed by atoms with E-state index in [-0.39, 0.29) is 6.10 Å². The van der Waals surface area contributed by atoms with Crippen LogP contribution in [0.3, 0.4) is 0 Å². The number of furan rings is 1. The molecule has 2 rings (SSSR count). The maximum atomic E-state index is 10.3. The molecule has 0 amide bonds. The Kier molecular flexibility index (Phi) is 2.06. The highest BCUT2D eigenvalue weighted by atomic mass is 16.4. The van der Waals surface area contributed by atoms with Gasteiger partial charge in [-0.15, -0.1) is 0 Å². The Balaban J connectivity index is 2.12.